The molecule has 0 saturated carbocycles. The molecule has 0 aliphatic carbocycles. The van der Waals surface area contributed by atoms with Crippen LogP contribution in [0.25, 0.3) is 0 Å². The topological polar surface area (TPSA) is 57.7 Å². The number of aryl methyl sites for hydroxylation is 2. The lowest BCUT2D eigenvalue weighted by Crippen LogP contribution is -2.42. The van der Waals surface area contributed by atoms with Crippen LogP contribution >= 0.6 is 11.6 Å². The van der Waals surface area contributed by atoms with Crippen LogP contribution in [0.4, 0.5) is 5.69 Å². The third kappa shape index (κ3) is 6.59. The number of sulfonamides is 1. The molecule has 0 unspecified atom stereocenters. The molecule has 0 atom stereocenters. The highest BCUT2D eigenvalue weighted by atomic mass is 35.5. The summed E-state index contributed by atoms with van der Waals surface area (Å²) in [5.41, 5.74) is 4.33. The number of amides is 1. The third-order valence-electron chi connectivity index (χ3n) is 6.24. The van der Waals surface area contributed by atoms with E-state index in [-0.39, 0.29) is 17.3 Å². The quantitative estimate of drug-likeness (QED) is 0.251. The highest BCUT2D eigenvalue weighted by molar-refractivity contribution is 7.92. The lowest BCUT2D eigenvalue weighted by atomic mass is 10.1. The molecule has 0 spiro atoms. The van der Waals surface area contributed by atoms with Crippen molar-refractivity contribution in [1.82, 2.24) is 4.90 Å². The Kier molecular flexibility index (Phi) is 8.31. The summed E-state index contributed by atoms with van der Waals surface area (Å²) >= 11 is 6.01. The summed E-state index contributed by atoms with van der Waals surface area (Å²) in [6, 6.07) is 30.8. The van der Waals surface area contributed by atoms with Crippen LogP contribution in [0.15, 0.2) is 108 Å². The molecule has 0 N–H and O–H groups in total. The monoisotopic (exact) mass is 532 g/mol. The van der Waals surface area contributed by atoms with E-state index in [1.807, 2.05) is 80.6 Å². The van der Waals surface area contributed by atoms with Crippen LogP contribution in [0.3, 0.4) is 0 Å². The molecule has 0 aliphatic rings. The first-order valence-electron chi connectivity index (χ1n) is 12.0. The lowest BCUT2D eigenvalue weighted by molar-refractivity contribution is -0.130. The summed E-state index contributed by atoms with van der Waals surface area (Å²) in [6.45, 7) is 4.26. The van der Waals surface area contributed by atoms with Crippen molar-refractivity contribution in [3.63, 3.8) is 0 Å². The minimum Gasteiger partial charge on any atom is -0.332 e. The maximum Gasteiger partial charge on any atom is 0.264 e. The first kappa shape index (κ1) is 26.5. The molecule has 4 aromatic carbocycles. The number of carbonyl (C=O) groups is 1. The molecule has 1 amide bonds. The van der Waals surface area contributed by atoms with Gasteiger partial charge in [-0.05, 0) is 72.5 Å². The van der Waals surface area contributed by atoms with Gasteiger partial charge in [0, 0.05) is 18.1 Å². The van der Waals surface area contributed by atoms with Gasteiger partial charge in [0.05, 0.1) is 10.6 Å². The summed E-state index contributed by atoms with van der Waals surface area (Å²) in [4.78, 5) is 15.6. The van der Waals surface area contributed by atoms with E-state index in [0.29, 0.717) is 23.8 Å². The van der Waals surface area contributed by atoms with Gasteiger partial charge in [-0.15, -0.1) is 0 Å². The number of benzene rings is 4. The highest BCUT2D eigenvalue weighted by Crippen LogP contribution is 2.27. The van der Waals surface area contributed by atoms with Crippen molar-refractivity contribution >= 4 is 33.2 Å². The number of carbonyl (C=O) groups excluding carboxylic acids is 1. The van der Waals surface area contributed by atoms with Crippen LogP contribution in [0, 0.1) is 13.8 Å². The summed E-state index contributed by atoms with van der Waals surface area (Å²) in [5, 5.41) is 0.435. The van der Waals surface area contributed by atoms with Gasteiger partial charge >= 0.3 is 0 Å². The Morgan fingerprint density at radius 2 is 1.27 bits per heavy atom. The van der Waals surface area contributed by atoms with Gasteiger partial charge in [-0.3, -0.25) is 9.10 Å². The van der Waals surface area contributed by atoms with Crippen molar-refractivity contribution in [2.45, 2.75) is 31.8 Å². The van der Waals surface area contributed by atoms with E-state index < -0.39 is 10.0 Å². The van der Waals surface area contributed by atoms with Crippen molar-refractivity contribution in [3.05, 3.63) is 130 Å². The van der Waals surface area contributed by atoms with Crippen LogP contribution in [0.1, 0.15) is 22.3 Å². The van der Waals surface area contributed by atoms with Crippen LogP contribution in [0.2, 0.25) is 5.02 Å². The molecule has 190 valence electrons. The summed E-state index contributed by atoms with van der Waals surface area (Å²) in [6.07, 6.45) is 0. The first-order chi connectivity index (χ1) is 17.7. The first-order valence-corrected chi connectivity index (χ1v) is 13.8. The number of halogens is 1. The van der Waals surface area contributed by atoms with Crippen LogP contribution in [-0.2, 0) is 27.9 Å². The fourth-order valence-electron chi connectivity index (χ4n) is 3.99. The minimum atomic E-state index is -4.05. The van der Waals surface area contributed by atoms with Crippen molar-refractivity contribution < 1.29 is 13.2 Å². The predicted molar refractivity (Wildman–Crippen MR) is 149 cm³/mol. The van der Waals surface area contributed by atoms with Gasteiger partial charge < -0.3 is 4.90 Å². The van der Waals surface area contributed by atoms with Gasteiger partial charge in [-0.1, -0.05) is 78.3 Å². The Balaban J connectivity index is 1.71. The van der Waals surface area contributed by atoms with E-state index in [1.54, 1.807) is 17.0 Å². The lowest BCUT2D eigenvalue weighted by Gasteiger charge is -2.29. The fraction of sp³-hybridized carbons (Fsp3) is 0.167. The van der Waals surface area contributed by atoms with Gasteiger partial charge in [-0.2, -0.15) is 0 Å². The molecule has 7 heteroatoms. The van der Waals surface area contributed by atoms with E-state index in [9.17, 15) is 13.2 Å². The zero-order valence-electron chi connectivity index (χ0n) is 20.8. The van der Waals surface area contributed by atoms with E-state index in [0.717, 1.165) is 22.3 Å². The molecule has 4 rings (SSSR count). The molecule has 0 radical (unpaired) electrons. The molecule has 0 fully saturated rings. The second-order valence-corrected chi connectivity index (χ2v) is 11.3. The summed E-state index contributed by atoms with van der Waals surface area (Å²) < 4.78 is 28.8. The fourth-order valence-corrected chi connectivity index (χ4v) is 5.52. The van der Waals surface area contributed by atoms with Gasteiger partial charge in [0.15, 0.2) is 0 Å². The van der Waals surface area contributed by atoms with Crippen molar-refractivity contribution in [1.29, 1.82) is 0 Å². The normalized spacial score (nSPS) is 11.2. The van der Waals surface area contributed by atoms with Gasteiger partial charge in [0.25, 0.3) is 10.0 Å². The molecular weight excluding hydrogens is 504 g/mol. The smallest absolute Gasteiger partial charge is 0.264 e. The maximum absolute atomic E-state index is 13.8. The van der Waals surface area contributed by atoms with Crippen molar-refractivity contribution in [3.8, 4) is 0 Å². The molecule has 0 bridgehead atoms. The van der Waals surface area contributed by atoms with E-state index in [2.05, 4.69) is 0 Å². The predicted octanol–water partition coefficient (Wildman–Crippen LogP) is 6.38. The second-order valence-electron chi connectivity index (χ2n) is 8.96. The third-order valence-corrected chi connectivity index (χ3v) is 8.28. The standard InChI is InChI=1S/C30H29ClN2O3S/c1-23-13-16-28(19-24(23)2)33(37(35,36)29-17-14-27(31)15-18-29)22-30(34)32(20-25-9-5-3-6-10-25)21-26-11-7-4-8-12-26/h3-19H,20-22H2,1-2H3. The van der Waals surface area contributed by atoms with Crippen molar-refractivity contribution in [2.75, 3.05) is 10.8 Å². The molecule has 0 heterocycles. The zero-order valence-corrected chi connectivity index (χ0v) is 22.4. The van der Waals surface area contributed by atoms with Crippen LogP contribution < -0.4 is 4.31 Å². The molecule has 0 aliphatic heterocycles. The highest BCUT2D eigenvalue weighted by Gasteiger charge is 2.29. The molecular formula is C30H29ClN2O3S. The van der Waals surface area contributed by atoms with Gasteiger partial charge in [0.2, 0.25) is 5.91 Å². The zero-order chi connectivity index (χ0) is 26.4. The molecule has 0 saturated heterocycles. The van der Waals surface area contributed by atoms with E-state index in [4.69, 9.17) is 11.6 Å². The maximum atomic E-state index is 13.8. The Morgan fingerprint density at radius 3 is 1.78 bits per heavy atom. The Morgan fingerprint density at radius 1 is 0.730 bits per heavy atom. The molecule has 37 heavy (non-hydrogen) atoms. The van der Waals surface area contributed by atoms with Gasteiger partial charge in [-0.25, -0.2) is 8.42 Å². The van der Waals surface area contributed by atoms with Crippen molar-refractivity contribution in [2.24, 2.45) is 0 Å². The number of hydrogen-bond acceptors (Lipinski definition) is 3. The molecule has 0 aromatic heterocycles. The second kappa shape index (κ2) is 11.6. The Bertz CT molecular complexity index is 1420. The average Bonchev–Trinajstić information content (AvgIpc) is 2.90. The SMILES string of the molecule is Cc1ccc(N(CC(=O)N(Cc2ccccc2)Cc2ccccc2)S(=O)(=O)c2ccc(Cl)cc2)cc1C. The average molecular weight is 533 g/mol. The summed E-state index contributed by atoms with van der Waals surface area (Å²) in [5.74, 6) is -0.302. The van der Waals surface area contributed by atoms with Crippen LogP contribution in [-0.4, -0.2) is 25.8 Å². The number of hydrogen-bond donors (Lipinski definition) is 0. The molecule has 5 nitrogen and oxygen atoms in total. The number of rotatable bonds is 9. The largest absolute Gasteiger partial charge is 0.332 e. The van der Waals surface area contributed by atoms with Gasteiger partial charge in [0.1, 0.15) is 6.54 Å². The molecule has 4 aromatic rings. The van der Waals surface area contributed by atoms with E-state index in [1.165, 1.54) is 28.6 Å². The number of anilines is 1. The minimum absolute atomic E-state index is 0.0700. The van der Waals surface area contributed by atoms with Crippen LogP contribution in [0.5, 0.6) is 0 Å². The summed E-state index contributed by atoms with van der Waals surface area (Å²) in [7, 11) is -4.05. The Labute approximate surface area is 224 Å². The van der Waals surface area contributed by atoms with E-state index >= 15 is 0 Å². The number of nitrogens with zero attached hydrogens (tertiary/aromatic N) is 2. The Hall–Kier alpha value is -3.61.